The van der Waals surface area contributed by atoms with E-state index in [0.717, 1.165) is 13.0 Å². The Labute approximate surface area is 116 Å². The second-order valence-electron chi connectivity index (χ2n) is 4.60. The summed E-state index contributed by atoms with van der Waals surface area (Å²) in [5.74, 6) is 0. The molecule has 0 fully saturated rings. The molecule has 0 amide bonds. The number of nitrogens with zero attached hydrogens (tertiary/aromatic N) is 2. The zero-order valence-electron chi connectivity index (χ0n) is 10.7. The summed E-state index contributed by atoms with van der Waals surface area (Å²) in [6.45, 7) is 3.06. The number of hydrogen-bond donors (Lipinski definition) is 1. The van der Waals surface area contributed by atoms with Crippen LogP contribution in [0.4, 0.5) is 0 Å². The number of benzene rings is 1. The fourth-order valence-corrected chi connectivity index (χ4v) is 2.37. The molecule has 1 aromatic heterocycles. The van der Waals surface area contributed by atoms with E-state index in [2.05, 4.69) is 51.5 Å². The molecule has 1 heterocycles. The summed E-state index contributed by atoms with van der Waals surface area (Å²) in [5, 5.41) is 7.68. The Hall–Kier alpha value is -1.13. The Morgan fingerprint density at radius 2 is 2.17 bits per heavy atom. The van der Waals surface area contributed by atoms with Gasteiger partial charge in [0.25, 0.3) is 0 Å². The number of hydrogen-bond acceptors (Lipinski definition) is 2. The fourth-order valence-electron chi connectivity index (χ4n) is 1.92. The lowest BCUT2D eigenvalue weighted by Gasteiger charge is -2.14. The first-order valence-corrected chi connectivity index (χ1v) is 6.89. The highest BCUT2D eigenvalue weighted by Gasteiger charge is 2.06. The smallest absolute Gasteiger partial charge is 0.0534 e. The number of nitrogens with one attached hydrogen (secondary N) is 1. The quantitative estimate of drug-likeness (QED) is 0.920. The molecule has 0 aliphatic rings. The lowest BCUT2D eigenvalue weighted by atomic mass is 10.1. The van der Waals surface area contributed by atoms with Crippen molar-refractivity contribution >= 4 is 15.9 Å². The van der Waals surface area contributed by atoms with Crippen LogP contribution in [-0.2, 0) is 20.0 Å². The van der Waals surface area contributed by atoms with Crippen LogP contribution >= 0.6 is 15.9 Å². The van der Waals surface area contributed by atoms with E-state index in [4.69, 9.17) is 0 Å². The third kappa shape index (κ3) is 3.68. The molecule has 0 bridgehead atoms. The number of aryl methyl sites for hydroxylation is 1. The van der Waals surface area contributed by atoms with Gasteiger partial charge in [0.15, 0.2) is 0 Å². The van der Waals surface area contributed by atoms with Crippen molar-refractivity contribution in [1.29, 1.82) is 0 Å². The van der Waals surface area contributed by atoms with Crippen LogP contribution in [0.25, 0.3) is 0 Å². The molecule has 0 radical (unpaired) electrons. The molecule has 1 aromatic carbocycles. The first-order chi connectivity index (χ1) is 8.65. The standard InChI is InChI=1S/C14H18BrN3/c1-11(7-13-5-3-4-6-14(13)15)16-8-12-9-17-18(2)10-12/h3-6,9-11,16H,7-8H2,1-2H3/t11-/m1/s1. The SMILES string of the molecule is C[C@H](Cc1ccccc1Br)NCc1cnn(C)c1. The van der Waals surface area contributed by atoms with Gasteiger partial charge < -0.3 is 5.32 Å². The molecular formula is C14H18BrN3. The maximum Gasteiger partial charge on any atom is 0.0534 e. The molecular weight excluding hydrogens is 290 g/mol. The molecule has 1 atom stereocenters. The minimum Gasteiger partial charge on any atom is -0.310 e. The van der Waals surface area contributed by atoms with Gasteiger partial charge in [-0.25, -0.2) is 0 Å². The molecule has 2 rings (SSSR count). The van der Waals surface area contributed by atoms with Crippen molar-refractivity contribution in [2.24, 2.45) is 7.05 Å². The minimum atomic E-state index is 0.434. The van der Waals surface area contributed by atoms with E-state index >= 15 is 0 Å². The number of aromatic nitrogens is 2. The summed E-state index contributed by atoms with van der Waals surface area (Å²) in [4.78, 5) is 0. The van der Waals surface area contributed by atoms with E-state index < -0.39 is 0 Å². The van der Waals surface area contributed by atoms with Crippen LogP contribution < -0.4 is 5.32 Å². The molecule has 18 heavy (non-hydrogen) atoms. The van der Waals surface area contributed by atoms with Gasteiger partial charge in [-0.05, 0) is 25.0 Å². The van der Waals surface area contributed by atoms with Crippen molar-refractivity contribution in [2.75, 3.05) is 0 Å². The van der Waals surface area contributed by atoms with Gasteiger partial charge in [-0.3, -0.25) is 4.68 Å². The molecule has 0 saturated heterocycles. The van der Waals surface area contributed by atoms with E-state index in [0.29, 0.717) is 6.04 Å². The topological polar surface area (TPSA) is 29.9 Å². The van der Waals surface area contributed by atoms with Crippen LogP contribution in [0, 0.1) is 0 Å². The van der Waals surface area contributed by atoms with Crippen LogP contribution in [0.5, 0.6) is 0 Å². The second-order valence-corrected chi connectivity index (χ2v) is 5.45. The first-order valence-electron chi connectivity index (χ1n) is 6.09. The minimum absolute atomic E-state index is 0.434. The Kier molecular flexibility index (Phi) is 4.55. The summed E-state index contributed by atoms with van der Waals surface area (Å²) in [7, 11) is 1.94. The zero-order valence-corrected chi connectivity index (χ0v) is 12.3. The normalized spacial score (nSPS) is 12.6. The summed E-state index contributed by atoms with van der Waals surface area (Å²) in [6.07, 6.45) is 4.96. The maximum absolute atomic E-state index is 4.16. The van der Waals surface area contributed by atoms with Crippen molar-refractivity contribution in [2.45, 2.75) is 25.9 Å². The average molecular weight is 308 g/mol. The molecule has 0 aliphatic heterocycles. The lowest BCUT2D eigenvalue weighted by Crippen LogP contribution is -2.27. The van der Waals surface area contributed by atoms with Crippen LogP contribution in [-0.4, -0.2) is 15.8 Å². The number of rotatable bonds is 5. The Morgan fingerprint density at radius 1 is 1.39 bits per heavy atom. The molecule has 1 N–H and O–H groups in total. The summed E-state index contributed by atoms with van der Waals surface area (Å²) in [5.41, 5.74) is 2.56. The van der Waals surface area contributed by atoms with Gasteiger partial charge in [-0.2, -0.15) is 5.10 Å². The fraction of sp³-hybridized carbons (Fsp3) is 0.357. The van der Waals surface area contributed by atoms with Crippen molar-refractivity contribution in [3.8, 4) is 0 Å². The molecule has 0 saturated carbocycles. The van der Waals surface area contributed by atoms with Gasteiger partial charge in [-0.1, -0.05) is 34.1 Å². The maximum atomic E-state index is 4.16. The molecule has 0 spiro atoms. The third-order valence-electron chi connectivity index (χ3n) is 2.90. The van der Waals surface area contributed by atoms with Crippen molar-refractivity contribution in [3.63, 3.8) is 0 Å². The molecule has 96 valence electrons. The average Bonchev–Trinajstić information content (AvgIpc) is 2.76. The lowest BCUT2D eigenvalue weighted by molar-refractivity contribution is 0.544. The third-order valence-corrected chi connectivity index (χ3v) is 3.67. The molecule has 0 unspecified atom stereocenters. The first kappa shape index (κ1) is 13.3. The van der Waals surface area contributed by atoms with Gasteiger partial charge in [-0.15, -0.1) is 0 Å². The van der Waals surface area contributed by atoms with Crippen molar-refractivity contribution < 1.29 is 0 Å². The monoisotopic (exact) mass is 307 g/mol. The summed E-state index contributed by atoms with van der Waals surface area (Å²) in [6, 6.07) is 8.80. The number of halogens is 1. The second kappa shape index (κ2) is 6.16. The van der Waals surface area contributed by atoms with E-state index in [1.165, 1.54) is 15.6 Å². The van der Waals surface area contributed by atoms with E-state index in [1.807, 2.05) is 30.2 Å². The van der Waals surface area contributed by atoms with Crippen LogP contribution in [0.2, 0.25) is 0 Å². The summed E-state index contributed by atoms with van der Waals surface area (Å²) < 4.78 is 3.01. The van der Waals surface area contributed by atoms with Crippen LogP contribution in [0.1, 0.15) is 18.1 Å². The van der Waals surface area contributed by atoms with E-state index in [1.54, 1.807) is 0 Å². The predicted octanol–water partition coefficient (Wildman–Crippen LogP) is 2.90. The highest BCUT2D eigenvalue weighted by Crippen LogP contribution is 2.17. The molecule has 4 heteroatoms. The zero-order chi connectivity index (χ0) is 13.0. The predicted molar refractivity (Wildman–Crippen MR) is 77.4 cm³/mol. The summed E-state index contributed by atoms with van der Waals surface area (Å²) >= 11 is 3.58. The Morgan fingerprint density at radius 3 is 2.83 bits per heavy atom. The highest BCUT2D eigenvalue weighted by atomic mass is 79.9. The van der Waals surface area contributed by atoms with E-state index in [-0.39, 0.29) is 0 Å². The highest BCUT2D eigenvalue weighted by molar-refractivity contribution is 9.10. The van der Waals surface area contributed by atoms with Gasteiger partial charge in [0.2, 0.25) is 0 Å². The Bertz CT molecular complexity index is 507. The molecule has 2 aromatic rings. The molecule has 3 nitrogen and oxygen atoms in total. The van der Waals surface area contributed by atoms with E-state index in [9.17, 15) is 0 Å². The van der Waals surface area contributed by atoms with Gasteiger partial charge in [0.1, 0.15) is 0 Å². The van der Waals surface area contributed by atoms with Crippen molar-refractivity contribution in [1.82, 2.24) is 15.1 Å². The van der Waals surface area contributed by atoms with Crippen LogP contribution in [0.15, 0.2) is 41.1 Å². The largest absolute Gasteiger partial charge is 0.310 e. The molecule has 0 aliphatic carbocycles. The van der Waals surface area contributed by atoms with Gasteiger partial charge in [0, 0.05) is 35.9 Å². The Balaban J connectivity index is 1.85. The van der Waals surface area contributed by atoms with Gasteiger partial charge >= 0.3 is 0 Å². The van der Waals surface area contributed by atoms with Crippen LogP contribution in [0.3, 0.4) is 0 Å². The van der Waals surface area contributed by atoms with Gasteiger partial charge in [0.05, 0.1) is 6.20 Å². The van der Waals surface area contributed by atoms with Crippen molar-refractivity contribution in [3.05, 3.63) is 52.3 Å².